The quantitative estimate of drug-likeness (QED) is 0.649. The van der Waals surface area contributed by atoms with Crippen molar-refractivity contribution >= 4 is 29.3 Å². The lowest BCUT2D eigenvalue weighted by Crippen LogP contribution is -2.25. The molecule has 2 rings (SSSR count). The molecule has 0 bridgehead atoms. The molecule has 0 radical (unpaired) electrons. The molecule has 4 nitrogen and oxygen atoms in total. The van der Waals surface area contributed by atoms with E-state index in [4.69, 9.17) is 4.74 Å². The van der Waals surface area contributed by atoms with Gasteiger partial charge in [-0.2, -0.15) is 0 Å². The van der Waals surface area contributed by atoms with Crippen LogP contribution >= 0.6 is 11.8 Å². The standard InChI is InChI=1S/C17H16FNO3S/c1-12(23-13-7-3-2-4-8-13)17(21)22-11-16(20)19-15-10-6-5-9-14(15)18/h2-10,12H,11H2,1H3,(H,19,20)/t12-/m1/s1. The van der Waals surface area contributed by atoms with Crippen molar-refractivity contribution in [1.29, 1.82) is 0 Å². The third-order valence-electron chi connectivity index (χ3n) is 2.88. The fourth-order valence-corrected chi connectivity index (χ4v) is 2.64. The first-order chi connectivity index (χ1) is 11.1. The Labute approximate surface area is 138 Å². The van der Waals surface area contributed by atoms with E-state index in [2.05, 4.69) is 5.32 Å². The number of benzene rings is 2. The molecule has 1 amide bonds. The molecule has 0 aliphatic rings. The summed E-state index contributed by atoms with van der Waals surface area (Å²) in [6.07, 6.45) is 0. The SMILES string of the molecule is C[C@@H](Sc1ccccc1)C(=O)OCC(=O)Nc1ccccc1F. The van der Waals surface area contributed by atoms with Crippen molar-refractivity contribution in [2.24, 2.45) is 0 Å². The summed E-state index contributed by atoms with van der Waals surface area (Å²) in [4.78, 5) is 24.5. The van der Waals surface area contributed by atoms with Crippen molar-refractivity contribution in [2.75, 3.05) is 11.9 Å². The average molecular weight is 333 g/mol. The van der Waals surface area contributed by atoms with Crippen molar-refractivity contribution in [3.63, 3.8) is 0 Å². The van der Waals surface area contributed by atoms with Crippen LogP contribution in [0.1, 0.15) is 6.92 Å². The Hall–Kier alpha value is -2.34. The maximum atomic E-state index is 13.4. The molecule has 23 heavy (non-hydrogen) atoms. The first kappa shape index (κ1) is 17.0. The highest BCUT2D eigenvalue weighted by molar-refractivity contribution is 8.00. The number of hydrogen-bond acceptors (Lipinski definition) is 4. The normalized spacial score (nSPS) is 11.6. The molecule has 0 aliphatic heterocycles. The molecular formula is C17H16FNO3S. The van der Waals surface area contributed by atoms with Gasteiger partial charge >= 0.3 is 5.97 Å². The molecule has 0 aromatic heterocycles. The van der Waals surface area contributed by atoms with Crippen LogP contribution in [0.3, 0.4) is 0 Å². The smallest absolute Gasteiger partial charge is 0.319 e. The van der Waals surface area contributed by atoms with E-state index in [0.717, 1.165) is 4.90 Å². The monoisotopic (exact) mass is 333 g/mol. The number of carbonyl (C=O) groups excluding carboxylic acids is 2. The number of hydrogen-bond donors (Lipinski definition) is 1. The Morgan fingerprint density at radius 1 is 1.13 bits per heavy atom. The van der Waals surface area contributed by atoms with Gasteiger partial charge in [0.2, 0.25) is 0 Å². The van der Waals surface area contributed by atoms with Gasteiger partial charge in [-0.1, -0.05) is 30.3 Å². The average Bonchev–Trinajstić information content (AvgIpc) is 2.55. The Kier molecular flexibility index (Phi) is 6.17. The molecule has 2 aromatic rings. The van der Waals surface area contributed by atoms with Crippen molar-refractivity contribution in [3.8, 4) is 0 Å². The summed E-state index contributed by atoms with van der Waals surface area (Å²) in [5.74, 6) is -1.62. The number of anilines is 1. The van der Waals surface area contributed by atoms with Crippen molar-refractivity contribution in [1.82, 2.24) is 0 Å². The summed E-state index contributed by atoms with van der Waals surface area (Å²) in [5, 5.41) is 1.91. The fraction of sp³-hybridized carbons (Fsp3) is 0.176. The molecule has 0 spiro atoms. The predicted molar refractivity (Wildman–Crippen MR) is 87.7 cm³/mol. The van der Waals surface area contributed by atoms with Crippen LogP contribution < -0.4 is 5.32 Å². The number of rotatable bonds is 6. The summed E-state index contributed by atoms with van der Waals surface area (Å²) in [6, 6.07) is 15.2. The van der Waals surface area contributed by atoms with Gasteiger partial charge in [0.15, 0.2) is 6.61 Å². The highest BCUT2D eigenvalue weighted by atomic mass is 32.2. The molecule has 6 heteroatoms. The lowest BCUT2D eigenvalue weighted by atomic mass is 10.3. The van der Waals surface area contributed by atoms with Crippen LogP contribution in [0, 0.1) is 5.82 Å². The van der Waals surface area contributed by atoms with Gasteiger partial charge in [-0.25, -0.2) is 4.39 Å². The Bertz CT molecular complexity index is 679. The molecule has 120 valence electrons. The lowest BCUT2D eigenvalue weighted by molar-refractivity contribution is -0.146. The molecule has 2 aromatic carbocycles. The fourth-order valence-electron chi connectivity index (χ4n) is 1.75. The third kappa shape index (κ3) is 5.41. The van der Waals surface area contributed by atoms with E-state index in [1.165, 1.54) is 30.0 Å². The summed E-state index contributed by atoms with van der Waals surface area (Å²) >= 11 is 1.34. The van der Waals surface area contributed by atoms with Crippen LogP contribution in [0.4, 0.5) is 10.1 Å². The molecule has 0 saturated heterocycles. The number of nitrogens with one attached hydrogen (secondary N) is 1. The van der Waals surface area contributed by atoms with E-state index in [-0.39, 0.29) is 5.69 Å². The van der Waals surface area contributed by atoms with Gasteiger partial charge in [-0.15, -0.1) is 11.8 Å². The van der Waals surface area contributed by atoms with Crippen molar-refractivity contribution in [3.05, 3.63) is 60.4 Å². The summed E-state index contributed by atoms with van der Waals surface area (Å²) in [6.45, 7) is 1.25. The largest absolute Gasteiger partial charge is 0.455 e. The van der Waals surface area contributed by atoms with Crippen LogP contribution in [0.25, 0.3) is 0 Å². The number of carbonyl (C=O) groups is 2. The second-order valence-electron chi connectivity index (χ2n) is 4.71. The molecule has 0 unspecified atom stereocenters. The van der Waals surface area contributed by atoms with Gasteiger partial charge in [0, 0.05) is 4.90 Å². The second kappa shape index (κ2) is 8.33. The summed E-state index contributed by atoms with van der Waals surface area (Å²) in [7, 11) is 0. The van der Waals surface area contributed by atoms with Crippen LogP contribution in [-0.2, 0) is 14.3 Å². The molecular weight excluding hydrogens is 317 g/mol. The van der Waals surface area contributed by atoms with Gasteiger partial charge in [-0.3, -0.25) is 9.59 Å². The van der Waals surface area contributed by atoms with E-state index in [9.17, 15) is 14.0 Å². The zero-order chi connectivity index (χ0) is 16.7. The van der Waals surface area contributed by atoms with Crippen molar-refractivity contribution < 1.29 is 18.7 Å². The predicted octanol–water partition coefficient (Wildman–Crippen LogP) is 3.49. The van der Waals surface area contributed by atoms with E-state index < -0.39 is 29.6 Å². The highest BCUT2D eigenvalue weighted by Gasteiger charge is 2.17. The lowest BCUT2D eigenvalue weighted by Gasteiger charge is -2.11. The molecule has 0 saturated carbocycles. The minimum absolute atomic E-state index is 0.0558. The molecule has 1 atom stereocenters. The maximum Gasteiger partial charge on any atom is 0.319 e. The first-order valence-electron chi connectivity index (χ1n) is 6.99. The van der Waals surface area contributed by atoms with Crippen LogP contribution in [0.2, 0.25) is 0 Å². The Morgan fingerprint density at radius 2 is 1.78 bits per heavy atom. The first-order valence-corrected chi connectivity index (χ1v) is 7.87. The van der Waals surface area contributed by atoms with Gasteiger partial charge in [0.25, 0.3) is 5.91 Å². The highest BCUT2D eigenvalue weighted by Crippen LogP contribution is 2.23. The Morgan fingerprint density at radius 3 is 2.48 bits per heavy atom. The number of amides is 1. The summed E-state index contributed by atoms with van der Waals surface area (Å²) in [5.41, 5.74) is 0.0558. The van der Waals surface area contributed by atoms with Gasteiger partial charge in [0.05, 0.1) is 5.69 Å². The van der Waals surface area contributed by atoms with E-state index >= 15 is 0 Å². The van der Waals surface area contributed by atoms with Crippen LogP contribution in [-0.4, -0.2) is 23.7 Å². The van der Waals surface area contributed by atoms with E-state index in [1.54, 1.807) is 13.0 Å². The number of halogens is 1. The maximum absolute atomic E-state index is 13.4. The van der Waals surface area contributed by atoms with Gasteiger partial charge in [0.1, 0.15) is 11.1 Å². The number of ether oxygens (including phenoxy) is 1. The minimum Gasteiger partial charge on any atom is -0.455 e. The van der Waals surface area contributed by atoms with Gasteiger partial charge < -0.3 is 10.1 Å². The molecule has 0 heterocycles. The van der Waals surface area contributed by atoms with Crippen LogP contribution in [0.15, 0.2) is 59.5 Å². The topological polar surface area (TPSA) is 55.4 Å². The van der Waals surface area contributed by atoms with Crippen molar-refractivity contribution in [2.45, 2.75) is 17.1 Å². The minimum atomic E-state index is -0.583. The zero-order valence-corrected chi connectivity index (χ0v) is 13.3. The Balaban J connectivity index is 1.79. The molecule has 0 aliphatic carbocycles. The van der Waals surface area contributed by atoms with E-state index in [0.29, 0.717) is 0 Å². The third-order valence-corrected chi connectivity index (χ3v) is 3.97. The zero-order valence-electron chi connectivity index (χ0n) is 12.5. The number of esters is 1. The molecule has 1 N–H and O–H groups in total. The van der Waals surface area contributed by atoms with E-state index in [1.807, 2.05) is 30.3 Å². The second-order valence-corrected chi connectivity index (χ2v) is 6.12. The van der Waals surface area contributed by atoms with Gasteiger partial charge in [-0.05, 0) is 31.2 Å². The number of para-hydroxylation sites is 1. The molecule has 0 fully saturated rings. The summed E-state index contributed by atoms with van der Waals surface area (Å²) < 4.78 is 18.3. The number of thioether (sulfide) groups is 1. The van der Waals surface area contributed by atoms with Crippen LogP contribution in [0.5, 0.6) is 0 Å².